The van der Waals surface area contributed by atoms with E-state index in [1.165, 1.54) is 24.5 Å². The summed E-state index contributed by atoms with van der Waals surface area (Å²) in [5.41, 5.74) is 0. The normalized spacial score (nSPS) is 26.0. The zero-order valence-corrected chi connectivity index (χ0v) is 14.3. The highest BCUT2D eigenvalue weighted by Gasteiger charge is 2.42. The first-order valence-corrected chi connectivity index (χ1v) is 8.60. The van der Waals surface area contributed by atoms with Crippen LogP contribution in [0, 0.1) is 17.5 Å². The van der Waals surface area contributed by atoms with Crippen LogP contribution < -0.4 is 9.64 Å². The number of hydrogen-bond acceptors (Lipinski definition) is 5. The van der Waals surface area contributed by atoms with Gasteiger partial charge in [0.2, 0.25) is 5.95 Å². The van der Waals surface area contributed by atoms with E-state index in [1.54, 1.807) is 0 Å². The van der Waals surface area contributed by atoms with E-state index in [0.717, 1.165) is 25.6 Å². The third-order valence-corrected chi connectivity index (χ3v) is 5.09. The van der Waals surface area contributed by atoms with E-state index in [4.69, 9.17) is 4.74 Å². The second-order valence-electron chi connectivity index (χ2n) is 6.78. The lowest BCUT2D eigenvalue weighted by atomic mass is 10.0. The van der Waals surface area contributed by atoms with Crippen molar-refractivity contribution >= 4 is 5.95 Å². The number of aromatic nitrogens is 2. The summed E-state index contributed by atoms with van der Waals surface area (Å²) in [6, 6.07) is 3.55. The van der Waals surface area contributed by atoms with Crippen molar-refractivity contribution in [3.05, 3.63) is 48.0 Å². The molecule has 2 aromatic rings. The van der Waals surface area contributed by atoms with Crippen LogP contribution in [0.4, 0.5) is 19.1 Å². The van der Waals surface area contributed by atoms with Crippen LogP contribution in [0.1, 0.15) is 13.3 Å². The van der Waals surface area contributed by atoms with Gasteiger partial charge in [0.05, 0.1) is 12.4 Å². The summed E-state index contributed by atoms with van der Waals surface area (Å²) in [5, 5.41) is 0. The molecule has 2 saturated heterocycles. The molecule has 2 fully saturated rings. The molecule has 0 aliphatic carbocycles. The van der Waals surface area contributed by atoms with E-state index in [0.29, 0.717) is 12.5 Å². The summed E-state index contributed by atoms with van der Waals surface area (Å²) < 4.78 is 45.6. The van der Waals surface area contributed by atoms with Crippen molar-refractivity contribution in [1.29, 1.82) is 0 Å². The average molecular weight is 364 g/mol. The van der Waals surface area contributed by atoms with Gasteiger partial charge in [-0.2, -0.15) is 0 Å². The molecule has 0 N–H and O–H groups in total. The van der Waals surface area contributed by atoms with Crippen molar-refractivity contribution in [2.24, 2.45) is 0 Å². The van der Waals surface area contributed by atoms with Crippen molar-refractivity contribution in [3.63, 3.8) is 0 Å². The predicted octanol–water partition coefficient (Wildman–Crippen LogP) is 2.62. The second-order valence-corrected chi connectivity index (χ2v) is 6.78. The average Bonchev–Trinajstić information content (AvgIpc) is 2.99. The standard InChI is InChI=1S/C18H19F3N4O/c1-11-17-7-16(26-15-5-12(19)4-13(20)6-15)10-24(17)2-3-25(11)18-22-8-14(21)9-23-18/h4-6,8-9,11,16-17H,2-3,7,10H2,1H3/t11?,16-,17-/m0/s1. The van der Waals surface area contributed by atoms with Gasteiger partial charge >= 0.3 is 0 Å². The van der Waals surface area contributed by atoms with Crippen LogP contribution in [0.5, 0.6) is 5.75 Å². The van der Waals surface area contributed by atoms with Crippen molar-refractivity contribution in [2.75, 3.05) is 24.5 Å². The van der Waals surface area contributed by atoms with Crippen molar-refractivity contribution < 1.29 is 17.9 Å². The highest BCUT2D eigenvalue weighted by atomic mass is 19.1. The van der Waals surface area contributed by atoms with Gasteiger partial charge in [0.15, 0.2) is 5.82 Å². The van der Waals surface area contributed by atoms with E-state index in [9.17, 15) is 13.2 Å². The van der Waals surface area contributed by atoms with Gasteiger partial charge in [-0.3, -0.25) is 4.90 Å². The van der Waals surface area contributed by atoms with Gasteiger partial charge in [0.25, 0.3) is 0 Å². The fourth-order valence-corrected chi connectivity index (χ4v) is 3.91. The molecule has 2 aliphatic rings. The number of nitrogens with zero attached hydrogens (tertiary/aromatic N) is 4. The Morgan fingerprint density at radius 3 is 2.38 bits per heavy atom. The Bertz CT molecular complexity index is 768. The van der Waals surface area contributed by atoms with Crippen LogP contribution in [0.3, 0.4) is 0 Å². The molecule has 0 amide bonds. The Balaban J connectivity index is 1.45. The molecule has 0 radical (unpaired) electrons. The first-order chi connectivity index (χ1) is 12.5. The molecule has 2 aliphatic heterocycles. The maximum absolute atomic E-state index is 13.3. The van der Waals surface area contributed by atoms with Crippen LogP contribution in [0.15, 0.2) is 30.6 Å². The number of anilines is 1. The van der Waals surface area contributed by atoms with E-state index < -0.39 is 17.5 Å². The van der Waals surface area contributed by atoms with Gasteiger partial charge in [-0.05, 0) is 6.92 Å². The summed E-state index contributed by atoms with van der Waals surface area (Å²) >= 11 is 0. The van der Waals surface area contributed by atoms with Crippen LogP contribution in [0.2, 0.25) is 0 Å². The quantitative estimate of drug-likeness (QED) is 0.838. The molecule has 4 rings (SSSR count). The molecule has 1 aromatic carbocycles. The first-order valence-electron chi connectivity index (χ1n) is 8.60. The topological polar surface area (TPSA) is 41.5 Å². The molecule has 138 valence electrons. The summed E-state index contributed by atoms with van der Waals surface area (Å²) in [6.45, 7) is 4.30. The molecule has 0 spiro atoms. The van der Waals surface area contributed by atoms with Crippen molar-refractivity contribution in [2.45, 2.75) is 31.5 Å². The number of fused-ring (bicyclic) bond motifs is 1. The second kappa shape index (κ2) is 6.75. The monoisotopic (exact) mass is 364 g/mol. The number of ether oxygens (including phenoxy) is 1. The van der Waals surface area contributed by atoms with Crippen molar-refractivity contribution in [1.82, 2.24) is 14.9 Å². The van der Waals surface area contributed by atoms with E-state index in [-0.39, 0.29) is 23.9 Å². The maximum atomic E-state index is 13.3. The molecule has 3 atom stereocenters. The van der Waals surface area contributed by atoms with Crippen LogP contribution in [-0.2, 0) is 0 Å². The molecular formula is C18H19F3N4O. The summed E-state index contributed by atoms with van der Waals surface area (Å²) in [5.74, 6) is -1.04. The van der Waals surface area contributed by atoms with Gasteiger partial charge < -0.3 is 9.64 Å². The molecule has 1 aromatic heterocycles. The molecule has 3 heterocycles. The number of benzene rings is 1. The predicted molar refractivity (Wildman–Crippen MR) is 89.6 cm³/mol. The van der Waals surface area contributed by atoms with Gasteiger partial charge in [-0.25, -0.2) is 23.1 Å². The fourth-order valence-electron chi connectivity index (χ4n) is 3.91. The van der Waals surface area contributed by atoms with Gasteiger partial charge in [-0.1, -0.05) is 0 Å². The van der Waals surface area contributed by atoms with Crippen LogP contribution in [0.25, 0.3) is 0 Å². The largest absolute Gasteiger partial charge is 0.489 e. The van der Waals surface area contributed by atoms with E-state index in [1.807, 2.05) is 0 Å². The number of piperazine rings is 1. The van der Waals surface area contributed by atoms with Gasteiger partial charge in [-0.15, -0.1) is 0 Å². The molecular weight excluding hydrogens is 345 g/mol. The lowest BCUT2D eigenvalue weighted by Gasteiger charge is -2.42. The highest BCUT2D eigenvalue weighted by Crippen LogP contribution is 2.31. The minimum Gasteiger partial charge on any atom is -0.489 e. The SMILES string of the molecule is CC1[C@@H]2C[C@H](Oc3cc(F)cc(F)c3)CN2CCN1c1ncc(F)cn1. The Morgan fingerprint density at radius 2 is 1.69 bits per heavy atom. The fraction of sp³-hybridized carbons (Fsp3) is 0.444. The highest BCUT2D eigenvalue weighted by molar-refractivity contribution is 5.33. The Hall–Kier alpha value is -2.35. The summed E-state index contributed by atoms with van der Waals surface area (Å²) in [6.07, 6.45) is 2.93. The van der Waals surface area contributed by atoms with E-state index in [2.05, 4.69) is 26.7 Å². The zero-order valence-electron chi connectivity index (χ0n) is 14.3. The number of rotatable bonds is 3. The minimum atomic E-state index is -0.649. The molecule has 0 saturated carbocycles. The summed E-state index contributed by atoms with van der Waals surface area (Å²) in [7, 11) is 0. The lowest BCUT2D eigenvalue weighted by molar-refractivity contribution is 0.178. The van der Waals surface area contributed by atoms with Crippen LogP contribution >= 0.6 is 0 Å². The zero-order chi connectivity index (χ0) is 18.3. The van der Waals surface area contributed by atoms with Gasteiger partial charge in [0.1, 0.15) is 23.5 Å². The van der Waals surface area contributed by atoms with E-state index >= 15 is 0 Å². The number of hydrogen-bond donors (Lipinski definition) is 0. The maximum Gasteiger partial charge on any atom is 0.225 e. The molecule has 26 heavy (non-hydrogen) atoms. The Morgan fingerprint density at radius 1 is 1.00 bits per heavy atom. The Labute approximate surface area is 149 Å². The summed E-state index contributed by atoms with van der Waals surface area (Å²) in [4.78, 5) is 12.5. The Kier molecular flexibility index (Phi) is 4.44. The smallest absolute Gasteiger partial charge is 0.225 e. The lowest BCUT2D eigenvalue weighted by Crippen LogP contribution is -2.56. The molecule has 8 heteroatoms. The third-order valence-electron chi connectivity index (χ3n) is 5.09. The number of halogens is 3. The minimum absolute atomic E-state index is 0.118. The molecule has 1 unspecified atom stereocenters. The molecule has 5 nitrogen and oxygen atoms in total. The van der Waals surface area contributed by atoms with Crippen LogP contribution in [-0.4, -0.2) is 52.7 Å². The van der Waals surface area contributed by atoms with Crippen molar-refractivity contribution in [3.8, 4) is 5.75 Å². The first kappa shape index (κ1) is 17.1. The van der Waals surface area contributed by atoms with Gasteiger partial charge in [0, 0.05) is 56.3 Å². The molecule has 0 bridgehead atoms. The third kappa shape index (κ3) is 3.33.